The van der Waals surface area contributed by atoms with Gasteiger partial charge in [-0.3, -0.25) is 19.5 Å². The number of ether oxygens (including phenoxy) is 1. The number of hydrogen-bond acceptors (Lipinski definition) is 10. The number of quaternary nitrogens is 1. The van der Waals surface area contributed by atoms with Crippen molar-refractivity contribution in [2.45, 2.75) is 31.0 Å². The highest BCUT2D eigenvalue weighted by Crippen LogP contribution is 2.57. The number of nitrogens with one attached hydrogen (secondary N) is 1. The quantitative estimate of drug-likeness (QED) is 0.130. The number of phosphoric acid groups is 2. The third-order valence-electron chi connectivity index (χ3n) is 4.11. The fraction of sp³-hybridized carbons (Fsp3) is 0.857. The summed E-state index contributed by atoms with van der Waals surface area (Å²) < 4.78 is 35.8. The van der Waals surface area contributed by atoms with Crippen LogP contribution in [-0.4, -0.2) is 123 Å². The molecule has 2 fully saturated rings. The predicted molar refractivity (Wildman–Crippen MR) is 104 cm³/mol. The van der Waals surface area contributed by atoms with Gasteiger partial charge in [0, 0.05) is 13.0 Å². The second-order valence-electron chi connectivity index (χ2n) is 7.92. The number of carbonyl (C=O) groups is 2. The zero-order valence-corrected chi connectivity index (χ0v) is 19.5. The molecule has 0 saturated carbocycles. The van der Waals surface area contributed by atoms with Gasteiger partial charge in [-0.05, 0) is 0 Å². The average molecular weight is 510 g/mol. The third kappa shape index (κ3) is 9.87. The Balaban J connectivity index is 0.000000633. The summed E-state index contributed by atoms with van der Waals surface area (Å²) in [6.07, 6.45) is -6.10. The number of aliphatic hydroxyl groups excluding tert-OH is 3. The van der Waals surface area contributed by atoms with Crippen LogP contribution < -0.4 is 5.32 Å². The van der Waals surface area contributed by atoms with Crippen LogP contribution in [0.25, 0.3) is 0 Å². The first-order chi connectivity index (χ1) is 14.5. The van der Waals surface area contributed by atoms with Gasteiger partial charge in [0.1, 0.15) is 24.9 Å². The highest BCUT2D eigenvalue weighted by Gasteiger charge is 2.48. The zero-order valence-electron chi connectivity index (χ0n) is 17.7. The fourth-order valence-electron chi connectivity index (χ4n) is 2.57. The summed E-state index contributed by atoms with van der Waals surface area (Å²) in [6.45, 7) is 0.146. The normalized spacial score (nSPS) is 28.6. The highest BCUT2D eigenvalue weighted by molar-refractivity contribution is 7.60. The predicted octanol–water partition coefficient (Wildman–Crippen LogP) is -2.71. The van der Waals surface area contributed by atoms with Crippen LogP contribution in [0.15, 0.2) is 0 Å². The Morgan fingerprint density at radius 2 is 1.75 bits per heavy atom. The second-order valence-corrected chi connectivity index (χ2v) is 10.7. The molecule has 16 nitrogen and oxygen atoms in total. The van der Waals surface area contributed by atoms with Crippen molar-refractivity contribution in [2.24, 2.45) is 0 Å². The van der Waals surface area contributed by atoms with Crippen LogP contribution in [0.2, 0.25) is 0 Å². The number of rotatable bonds is 8. The van der Waals surface area contributed by atoms with Crippen LogP contribution in [0.1, 0.15) is 6.42 Å². The van der Waals surface area contributed by atoms with Crippen molar-refractivity contribution in [3.8, 4) is 0 Å². The van der Waals surface area contributed by atoms with Gasteiger partial charge in [0.05, 0.1) is 34.4 Å². The molecule has 0 radical (unpaired) electrons. The van der Waals surface area contributed by atoms with Gasteiger partial charge < -0.3 is 39.2 Å². The van der Waals surface area contributed by atoms with Crippen molar-refractivity contribution in [1.82, 2.24) is 10.2 Å². The Hall–Kier alpha value is -1.00. The molecule has 2 saturated heterocycles. The summed E-state index contributed by atoms with van der Waals surface area (Å²) in [5.74, 6) is -0.523. The summed E-state index contributed by atoms with van der Waals surface area (Å²) >= 11 is 0. The fourth-order valence-corrected chi connectivity index (χ4v) is 4.17. The third-order valence-corrected chi connectivity index (χ3v) is 6.27. The van der Waals surface area contributed by atoms with Crippen molar-refractivity contribution in [3.63, 3.8) is 0 Å². The van der Waals surface area contributed by atoms with Gasteiger partial charge in [-0.1, -0.05) is 0 Å². The maximum atomic E-state index is 11.7. The van der Waals surface area contributed by atoms with E-state index in [-0.39, 0.29) is 19.6 Å². The van der Waals surface area contributed by atoms with E-state index in [0.29, 0.717) is 0 Å². The van der Waals surface area contributed by atoms with Crippen LogP contribution in [0.4, 0.5) is 4.79 Å². The van der Waals surface area contributed by atoms with Gasteiger partial charge in [-0.15, -0.1) is 0 Å². The van der Waals surface area contributed by atoms with E-state index < -0.39 is 58.7 Å². The molecule has 5 unspecified atom stereocenters. The van der Waals surface area contributed by atoms with E-state index in [1.165, 1.54) is 0 Å². The van der Waals surface area contributed by atoms with Gasteiger partial charge in [0.15, 0.2) is 6.23 Å². The average Bonchev–Trinajstić information content (AvgIpc) is 2.86. The number of aliphatic hydroxyl groups is 3. The maximum Gasteiger partial charge on any atom is 0.481 e. The lowest BCUT2D eigenvalue weighted by Gasteiger charge is -2.32. The standard InChI is InChI=1S/C9H16N2O12P2.C5H14NO/c12-5-1-2-11(9(15)10-5)8-7(14)6(13)4(22-8)3-21-25(19,20)23-24(16,17)18;1-6(2,3)4-5-7/h4,6-8,13-14H,1-3H2,(H,19,20)(H,10,12,15)(H2,16,17,18);7H,4-5H2,1-3H3/q;+1. The van der Waals surface area contributed by atoms with Crippen molar-refractivity contribution >= 4 is 27.6 Å². The molecular weight excluding hydrogens is 480 g/mol. The van der Waals surface area contributed by atoms with Gasteiger partial charge in [0.25, 0.3) is 0 Å². The molecule has 2 rings (SSSR count). The Labute approximate surface area is 183 Å². The lowest BCUT2D eigenvalue weighted by molar-refractivity contribution is -0.870. The molecule has 18 heteroatoms. The van der Waals surface area contributed by atoms with Crippen LogP contribution in [0.3, 0.4) is 0 Å². The van der Waals surface area contributed by atoms with Crippen LogP contribution in [0, 0.1) is 0 Å². The number of hydrogen-bond donors (Lipinski definition) is 7. The summed E-state index contributed by atoms with van der Waals surface area (Å²) in [5, 5.41) is 30.2. The summed E-state index contributed by atoms with van der Waals surface area (Å²) in [5.41, 5.74) is 0. The van der Waals surface area contributed by atoms with Gasteiger partial charge in [0.2, 0.25) is 5.91 Å². The molecule has 0 bridgehead atoms. The van der Waals surface area contributed by atoms with Crippen LogP contribution >= 0.6 is 15.6 Å². The SMILES string of the molecule is C[N+](C)(C)CCO.O=C1CCN(C2OC(COP(=O)(O)OP(=O)(O)O)C(O)C2O)C(=O)N1. The smallest absolute Gasteiger partial charge is 0.391 e. The molecule has 5 atom stereocenters. The molecular formula is C14H30N3O13P2+. The largest absolute Gasteiger partial charge is 0.481 e. The Morgan fingerprint density at radius 3 is 2.19 bits per heavy atom. The van der Waals surface area contributed by atoms with Crippen molar-refractivity contribution in [3.05, 3.63) is 0 Å². The number of urea groups is 1. The lowest BCUT2D eigenvalue weighted by Crippen LogP contribution is -2.56. The molecule has 0 aromatic heterocycles. The number of carbonyl (C=O) groups excluding carboxylic acids is 2. The van der Waals surface area contributed by atoms with Crippen LogP contribution in [0.5, 0.6) is 0 Å². The molecule has 0 aromatic rings. The van der Waals surface area contributed by atoms with E-state index in [9.17, 15) is 28.9 Å². The molecule has 0 aromatic carbocycles. The molecule has 2 heterocycles. The maximum absolute atomic E-state index is 11.7. The summed E-state index contributed by atoms with van der Waals surface area (Å²) in [6, 6.07) is -0.855. The highest BCUT2D eigenvalue weighted by atomic mass is 31.3. The van der Waals surface area contributed by atoms with Gasteiger partial charge in [-0.25, -0.2) is 13.9 Å². The first-order valence-electron chi connectivity index (χ1n) is 9.23. The molecule has 0 spiro atoms. The first-order valence-corrected chi connectivity index (χ1v) is 12.3. The van der Waals surface area contributed by atoms with E-state index >= 15 is 0 Å². The van der Waals surface area contributed by atoms with Crippen molar-refractivity contribution in [2.75, 3.05) is 47.4 Å². The molecule has 2 aliphatic rings. The lowest BCUT2D eigenvalue weighted by atomic mass is 10.1. The minimum atomic E-state index is -5.31. The Morgan fingerprint density at radius 1 is 1.16 bits per heavy atom. The minimum Gasteiger partial charge on any atom is -0.391 e. The van der Waals surface area contributed by atoms with Gasteiger partial charge in [-0.2, -0.15) is 4.31 Å². The van der Waals surface area contributed by atoms with Gasteiger partial charge >= 0.3 is 21.7 Å². The van der Waals surface area contributed by atoms with E-state index in [2.05, 4.69) is 30.0 Å². The zero-order chi connectivity index (χ0) is 24.9. The molecule has 0 aliphatic carbocycles. The summed E-state index contributed by atoms with van der Waals surface area (Å²) in [7, 11) is -4.31. The molecule has 2 aliphatic heterocycles. The van der Waals surface area contributed by atoms with Crippen LogP contribution in [-0.2, 0) is 27.5 Å². The topological polar surface area (TPSA) is 233 Å². The summed E-state index contributed by atoms with van der Waals surface area (Å²) in [4.78, 5) is 49.9. The number of amides is 3. The van der Waals surface area contributed by atoms with E-state index in [0.717, 1.165) is 15.9 Å². The molecule has 188 valence electrons. The van der Waals surface area contributed by atoms with E-state index in [4.69, 9.17) is 24.5 Å². The molecule has 3 amide bonds. The monoisotopic (exact) mass is 510 g/mol. The Bertz CT molecular complexity index is 755. The number of phosphoric ester groups is 1. The number of likely N-dealkylation sites (N-methyl/N-ethyl adjacent to an activating group) is 1. The van der Waals surface area contributed by atoms with E-state index in [1.54, 1.807) is 0 Å². The number of imide groups is 1. The molecule has 32 heavy (non-hydrogen) atoms. The first kappa shape index (κ1) is 29.0. The minimum absolute atomic E-state index is 0.0580. The van der Waals surface area contributed by atoms with E-state index in [1.807, 2.05) is 5.32 Å². The second kappa shape index (κ2) is 11.4. The van der Waals surface area contributed by atoms with Crippen molar-refractivity contribution in [1.29, 1.82) is 0 Å². The van der Waals surface area contributed by atoms with Crippen molar-refractivity contribution < 1.29 is 66.8 Å². The molecule has 7 N–H and O–H groups in total. The number of nitrogens with zero attached hydrogens (tertiary/aromatic N) is 2. The Kier molecular flexibility index (Phi) is 10.4.